The maximum atomic E-state index is 14.3. The summed E-state index contributed by atoms with van der Waals surface area (Å²) in [5.74, 6) is -2.29. The largest absolute Gasteiger partial charge is 0.344 e. The molecule has 2 aliphatic heterocycles. The van der Waals surface area contributed by atoms with Gasteiger partial charge in [-0.05, 0) is 55.1 Å². The topological polar surface area (TPSA) is 145 Å². The van der Waals surface area contributed by atoms with Crippen molar-refractivity contribution in [1.29, 1.82) is 0 Å². The first kappa shape index (κ1) is 30.8. The highest BCUT2D eigenvalue weighted by Gasteiger charge is 2.62. The van der Waals surface area contributed by atoms with Crippen LogP contribution in [0.5, 0.6) is 0 Å². The third-order valence-electron chi connectivity index (χ3n) is 9.84. The molecule has 5 aliphatic rings. The number of benzene rings is 1. The summed E-state index contributed by atoms with van der Waals surface area (Å²) >= 11 is 0. The average Bonchev–Trinajstić information content (AvgIpc) is 3.88. The monoisotopic (exact) mass is 625 g/mol. The normalized spacial score (nSPS) is 29.0. The van der Waals surface area contributed by atoms with E-state index in [9.17, 15) is 27.6 Å². The van der Waals surface area contributed by atoms with E-state index >= 15 is 0 Å². The number of fused-ring (bicyclic) bond motifs is 1. The first-order valence-corrected chi connectivity index (χ1v) is 17.2. The minimum absolute atomic E-state index is 0.0860. The first-order valence-electron chi connectivity index (χ1n) is 15.7. The second-order valence-electron chi connectivity index (χ2n) is 14.3. The summed E-state index contributed by atoms with van der Waals surface area (Å²) in [5, 5.41) is 5.25. The van der Waals surface area contributed by atoms with Crippen LogP contribution in [0, 0.1) is 17.3 Å². The third kappa shape index (κ3) is 5.90. The molecule has 0 spiro atoms. The fraction of sp³-hybridized carbons (Fsp3) is 0.625. The Morgan fingerprint density at radius 3 is 2.18 bits per heavy atom. The molecule has 4 fully saturated rings. The molecule has 44 heavy (non-hydrogen) atoms. The molecule has 3 saturated carbocycles. The Balaban J connectivity index is 1.25. The van der Waals surface area contributed by atoms with Crippen LogP contribution in [0.25, 0.3) is 0 Å². The van der Waals surface area contributed by atoms with Crippen molar-refractivity contribution in [3.8, 4) is 0 Å². The standard InChI is InChI=1S/C32H43N5O6S/c1-5-22-15-32(22,30(41)35-44(42,43)24-12-13-24)34-28(39)25-14-23(36-16-20-8-6-7-9-21(20)17-36)18-37(25)29(40)26(31(2,3)4)33-27(38)19-10-11-19/h5-9,19,22-26H,1,10-18H2,2-4H3,(H,33,38)(H,34,39)(H,35,41)/t22?,23-,25+,26-,32?/m1/s1. The van der Waals surface area contributed by atoms with E-state index in [0.29, 0.717) is 32.4 Å². The summed E-state index contributed by atoms with van der Waals surface area (Å²) in [6.07, 6.45) is 4.72. The molecule has 2 heterocycles. The van der Waals surface area contributed by atoms with Gasteiger partial charge in [-0.1, -0.05) is 51.1 Å². The van der Waals surface area contributed by atoms with Gasteiger partial charge in [0.1, 0.15) is 17.6 Å². The van der Waals surface area contributed by atoms with Crippen LogP contribution in [0.1, 0.15) is 70.4 Å². The van der Waals surface area contributed by atoms with Crippen molar-refractivity contribution in [2.24, 2.45) is 17.3 Å². The fourth-order valence-corrected chi connectivity index (χ4v) is 7.99. The number of rotatable bonds is 10. The third-order valence-corrected chi connectivity index (χ3v) is 11.7. The van der Waals surface area contributed by atoms with Gasteiger partial charge in [-0.3, -0.25) is 28.8 Å². The van der Waals surface area contributed by atoms with Gasteiger partial charge in [0.15, 0.2) is 0 Å². The quantitative estimate of drug-likeness (QED) is 0.335. The first-order chi connectivity index (χ1) is 20.7. The number of amides is 4. The van der Waals surface area contributed by atoms with Crippen molar-refractivity contribution in [2.45, 2.75) is 101 Å². The van der Waals surface area contributed by atoms with E-state index in [2.05, 4.69) is 39.0 Å². The number of carbonyl (C=O) groups excluding carboxylic acids is 4. The van der Waals surface area contributed by atoms with Crippen LogP contribution in [0.3, 0.4) is 0 Å². The maximum Gasteiger partial charge on any atom is 0.259 e. The number of sulfonamides is 1. The van der Waals surface area contributed by atoms with Gasteiger partial charge in [-0.25, -0.2) is 8.42 Å². The van der Waals surface area contributed by atoms with Crippen molar-refractivity contribution in [2.75, 3.05) is 6.54 Å². The number of hydrogen-bond acceptors (Lipinski definition) is 7. The van der Waals surface area contributed by atoms with Crippen LogP contribution >= 0.6 is 0 Å². The second-order valence-corrected chi connectivity index (χ2v) is 16.3. The van der Waals surface area contributed by atoms with Gasteiger partial charge in [0.2, 0.25) is 27.7 Å². The summed E-state index contributed by atoms with van der Waals surface area (Å²) in [7, 11) is -3.82. The van der Waals surface area contributed by atoms with Crippen LogP contribution in [-0.2, 0) is 42.3 Å². The van der Waals surface area contributed by atoms with Crippen molar-refractivity contribution in [3.63, 3.8) is 0 Å². The Morgan fingerprint density at radius 2 is 1.66 bits per heavy atom. The van der Waals surface area contributed by atoms with E-state index in [0.717, 1.165) is 12.8 Å². The van der Waals surface area contributed by atoms with E-state index < -0.39 is 56.0 Å². The van der Waals surface area contributed by atoms with Crippen LogP contribution < -0.4 is 15.4 Å². The molecular formula is C32H43N5O6S. The van der Waals surface area contributed by atoms with Gasteiger partial charge in [0.05, 0.1) is 5.25 Å². The Labute approximate surface area is 259 Å². The van der Waals surface area contributed by atoms with Crippen molar-refractivity contribution in [3.05, 3.63) is 48.0 Å². The number of nitrogens with zero attached hydrogens (tertiary/aromatic N) is 2. The van der Waals surface area contributed by atoms with Gasteiger partial charge in [0.25, 0.3) is 5.91 Å². The zero-order valence-corrected chi connectivity index (χ0v) is 26.5. The maximum absolute atomic E-state index is 14.3. The molecule has 1 saturated heterocycles. The van der Waals surface area contributed by atoms with E-state index in [-0.39, 0.29) is 36.7 Å². The molecule has 0 aromatic heterocycles. The van der Waals surface area contributed by atoms with Crippen molar-refractivity contribution in [1.82, 2.24) is 25.2 Å². The predicted molar refractivity (Wildman–Crippen MR) is 163 cm³/mol. The zero-order valence-electron chi connectivity index (χ0n) is 25.7. The molecule has 1 aromatic rings. The molecule has 12 heteroatoms. The minimum Gasteiger partial charge on any atom is -0.344 e. The second kappa shape index (κ2) is 11.0. The Kier molecular flexibility index (Phi) is 7.67. The van der Waals surface area contributed by atoms with E-state index in [1.54, 1.807) is 11.0 Å². The number of nitrogens with one attached hydrogen (secondary N) is 3. The molecular weight excluding hydrogens is 582 g/mol. The highest BCUT2D eigenvalue weighted by atomic mass is 32.2. The van der Waals surface area contributed by atoms with Crippen LogP contribution in [0.2, 0.25) is 0 Å². The molecule has 0 radical (unpaired) electrons. The summed E-state index contributed by atoms with van der Waals surface area (Å²) in [6, 6.07) is 6.29. The highest BCUT2D eigenvalue weighted by molar-refractivity contribution is 7.91. The average molecular weight is 626 g/mol. The van der Waals surface area contributed by atoms with Gasteiger partial charge in [0, 0.05) is 37.5 Å². The van der Waals surface area contributed by atoms with Gasteiger partial charge in [-0.15, -0.1) is 6.58 Å². The smallest absolute Gasteiger partial charge is 0.259 e. The lowest BCUT2D eigenvalue weighted by Gasteiger charge is -2.36. The molecule has 1 aromatic carbocycles. The zero-order chi connectivity index (χ0) is 31.6. The lowest BCUT2D eigenvalue weighted by Crippen LogP contribution is -2.60. The Bertz CT molecular complexity index is 1470. The SMILES string of the molecule is C=CC1CC1(NC(=O)[C@@H]1C[C@@H](N2Cc3ccccc3C2)CN1C(=O)[C@@H](NC(=O)C1CC1)C(C)(C)C)C(=O)NS(=O)(=O)C1CC1. The van der Waals surface area contributed by atoms with E-state index in [1.807, 2.05) is 32.9 Å². The summed E-state index contributed by atoms with van der Waals surface area (Å²) < 4.78 is 27.4. The lowest BCUT2D eigenvalue weighted by atomic mass is 9.85. The molecule has 5 atom stereocenters. The van der Waals surface area contributed by atoms with E-state index in [1.165, 1.54) is 11.1 Å². The van der Waals surface area contributed by atoms with Gasteiger partial charge in [-0.2, -0.15) is 0 Å². The van der Waals surface area contributed by atoms with Crippen LogP contribution in [0.15, 0.2) is 36.9 Å². The van der Waals surface area contributed by atoms with Crippen molar-refractivity contribution < 1.29 is 27.6 Å². The van der Waals surface area contributed by atoms with Crippen molar-refractivity contribution >= 4 is 33.7 Å². The summed E-state index contributed by atoms with van der Waals surface area (Å²) in [6.45, 7) is 11.1. The number of hydrogen-bond donors (Lipinski definition) is 3. The number of likely N-dealkylation sites (tertiary alicyclic amines) is 1. The molecule has 6 rings (SSSR count). The summed E-state index contributed by atoms with van der Waals surface area (Å²) in [5.41, 5.74) is 0.359. The molecule has 3 N–H and O–H groups in total. The van der Waals surface area contributed by atoms with Gasteiger partial charge < -0.3 is 15.5 Å². The number of carbonyl (C=O) groups is 4. The molecule has 11 nitrogen and oxygen atoms in total. The Morgan fingerprint density at radius 1 is 1.02 bits per heavy atom. The van der Waals surface area contributed by atoms with Crippen LogP contribution in [0.4, 0.5) is 0 Å². The van der Waals surface area contributed by atoms with E-state index in [4.69, 9.17) is 0 Å². The van der Waals surface area contributed by atoms with Gasteiger partial charge >= 0.3 is 0 Å². The molecule has 2 unspecified atom stereocenters. The lowest BCUT2D eigenvalue weighted by molar-refractivity contribution is -0.144. The molecule has 238 valence electrons. The predicted octanol–water partition coefficient (Wildman–Crippen LogP) is 1.58. The molecule has 3 aliphatic carbocycles. The molecule has 4 amide bonds. The highest BCUT2D eigenvalue weighted by Crippen LogP contribution is 2.46. The molecule has 0 bridgehead atoms. The fourth-order valence-electron chi connectivity index (χ4n) is 6.63. The summed E-state index contributed by atoms with van der Waals surface area (Å²) in [4.78, 5) is 58.4. The minimum atomic E-state index is -3.82. The van der Waals surface area contributed by atoms with Crippen LogP contribution in [-0.4, -0.2) is 77.3 Å². The Hall–Kier alpha value is -3.25.